The molecule has 3 rings (SSSR count). The maximum Gasteiger partial charge on any atom is 0.265 e. The first kappa shape index (κ1) is 19.9. The van der Waals surface area contributed by atoms with Crippen molar-refractivity contribution in [3.63, 3.8) is 0 Å². The summed E-state index contributed by atoms with van der Waals surface area (Å²) in [6, 6.07) is 11.3. The minimum absolute atomic E-state index is 0.142. The fourth-order valence-electron chi connectivity index (χ4n) is 2.89. The van der Waals surface area contributed by atoms with Crippen molar-refractivity contribution < 1.29 is 14.3 Å². The number of carbonyl (C=O) groups is 1. The summed E-state index contributed by atoms with van der Waals surface area (Å²) in [5.41, 5.74) is 2.77. The lowest BCUT2D eigenvalue weighted by atomic mass is 10.2. The zero-order valence-electron chi connectivity index (χ0n) is 16.6. The summed E-state index contributed by atoms with van der Waals surface area (Å²) >= 11 is 1.47. The largest absolute Gasteiger partial charge is 0.490 e. The van der Waals surface area contributed by atoms with Gasteiger partial charge in [0, 0.05) is 22.3 Å². The van der Waals surface area contributed by atoms with Gasteiger partial charge in [0.25, 0.3) is 5.91 Å². The number of hydrogen-bond donors (Lipinski definition) is 1. The maximum atomic E-state index is 12.6. The van der Waals surface area contributed by atoms with E-state index in [-0.39, 0.29) is 5.91 Å². The van der Waals surface area contributed by atoms with Gasteiger partial charge in [0.2, 0.25) is 0 Å². The van der Waals surface area contributed by atoms with Gasteiger partial charge >= 0.3 is 0 Å². The fraction of sp³-hybridized carbons (Fsp3) is 0.333. The minimum Gasteiger partial charge on any atom is -0.490 e. The zero-order chi connectivity index (χ0) is 20.1. The molecule has 0 spiro atoms. The monoisotopic (exact) mass is 399 g/mol. The molecule has 0 unspecified atom stereocenters. The molecule has 1 amide bonds. The van der Waals surface area contributed by atoms with E-state index in [4.69, 9.17) is 9.47 Å². The van der Waals surface area contributed by atoms with Gasteiger partial charge in [-0.1, -0.05) is 0 Å². The third-order valence-electron chi connectivity index (χ3n) is 4.10. The van der Waals surface area contributed by atoms with Crippen LogP contribution in [0.2, 0.25) is 0 Å². The van der Waals surface area contributed by atoms with Crippen LogP contribution in [0.3, 0.4) is 0 Å². The minimum atomic E-state index is -0.142. The number of benzene rings is 1. The Bertz CT molecular complexity index is 962. The number of aryl methyl sites for hydroxylation is 2. The quantitative estimate of drug-likeness (QED) is 0.598. The summed E-state index contributed by atoms with van der Waals surface area (Å²) in [5, 5.41) is 7.41. The van der Waals surface area contributed by atoms with Gasteiger partial charge in [-0.05, 0) is 58.0 Å². The molecule has 0 aliphatic rings. The fourth-order valence-corrected chi connectivity index (χ4v) is 3.77. The molecular formula is C21H25N3O3S. The smallest absolute Gasteiger partial charge is 0.265 e. The van der Waals surface area contributed by atoms with Crippen molar-refractivity contribution in [2.45, 2.75) is 34.2 Å². The Morgan fingerprint density at radius 3 is 2.50 bits per heavy atom. The van der Waals surface area contributed by atoms with Gasteiger partial charge in [-0.25, -0.2) is 0 Å². The molecule has 28 heavy (non-hydrogen) atoms. The predicted molar refractivity (Wildman–Crippen MR) is 112 cm³/mol. The molecule has 0 atom stereocenters. The van der Waals surface area contributed by atoms with E-state index in [1.165, 1.54) is 11.3 Å². The molecule has 148 valence electrons. The SMILES string of the molecule is CCOc1ccc(NC(=O)c2ccc(Cn3nc(C)cc3C)s2)cc1OCC. The number of hydrogen-bond acceptors (Lipinski definition) is 5. The van der Waals surface area contributed by atoms with Crippen LogP contribution < -0.4 is 14.8 Å². The van der Waals surface area contributed by atoms with Gasteiger partial charge in [0.05, 0.1) is 30.3 Å². The molecule has 0 fully saturated rings. The van der Waals surface area contributed by atoms with Gasteiger partial charge in [-0.3, -0.25) is 9.48 Å². The molecule has 0 bridgehead atoms. The average molecular weight is 400 g/mol. The van der Waals surface area contributed by atoms with E-state index in [9.17, 15) is 4.79 Å². The number of ether oxygens (including phenoxy) is 2. The summed E-state index contributed by atoms with van der Waals surface area (Å²) in [7, 11) is 0. The second-order valence-electron chi connectivity index (χ2n) is 6.33. The number of amides is 1. The Morgan fingerprint density at radius 1 is 1.07 bits per heavy atom. The highest BCUT2D eigenvalue weighted by molar-refractivity contribution is 7.14. The van der Waals surface area contributed by atoms with Crippen molar-refractivity contribution in [2.24, 2.45) is 0 Å². The lowest BCUT2D eigenvalue weighted by Crippen LogP contribution is -2.10. The summed E-state index contributed by atoms with van der Waals surface area (Å²) in [4.78, 5) is 14.4. The lowest BCUT2D eigenvalue weighted by molar-refractivity contribution is 0.103. The molecule has 3 aromatic rings. The molecule has 0 saturated carbocycles. The third-order valence-corrected chi connectivity index (χ3v) is 5.16. The van der Waals surface area contributed by atoms with Crippen molar-refractivity contribution in [3.05, 3.63) is 57.5 Å². The highest BCUT2D eigenvalue weighted by Gasteiger charge is 2.13. The number of thiophene rings is 1. The molecule has 2 heterocycles. The number of nitrogens with zero attached hydrogens (tertiary/aromatic N) is 2. The van der Waals surface area contributed by atoms with Crippen LogP contribution in [0.5, 0.6) is 11.5 Å². The molecule has 2 aromatic heterocycles. The van der Waals surface area contributed by atoms with Crippen LogP contribution >= 0.6 is 11.3 Å². The van der Waals surface area contributed by atoms with Crippen LogP contribution in [0.4, 0.5) is 5.69 Å². The predicted octanol–water partition coefficient (Wildman–Crippen LogP) is 4.66. The van der Waals surface area contributed by atoms with Crippen LogP contribution in [0.15, 0.2) is 36.4 Å². The first-order valence-corrected chi connectivity index (χ1v) is 10.1. The lowest BCUT2D eigenvalue weighted by Gasteiger charge is -2.12. The standard InChI is InChI=1S/C21H25N3O3S/c1-5-26-18-9-7-16(12-19(18)27-6-2)22-21(25)20-10-8-17(28-20)13-24-15(4)11-14(3)23-24/h7-12H,5-6,13H2,1-4H3,(H,22,25). The van der Waals surface area contributed by atoms with E-state index in [2.05, 4.69) is 10.4 Å². The molecule has 1 aromatic carbocycles. The van der Waals surface area contributed by atoms with Crippen molar-refractivity contribution in [2.75, 3.05) is 18.5 Å². The van der Waals surface area contributed by atoms with Gasteiger partial charge < -0.3 is 14.8 Å². The maximum absolute atomic E-state index is 12.6. The second-order valence-corrected chi connectivity index (χ2v) is 7.50. The first-order valence-electron chi connectivity index (χ1n) is 9.31. The van der Waals surface area contributed by atoms with Gasteiger partial charge in [0.15, 0.2) is 11.5 Å². The molecule has 1 N–H and O–H groups in total. The molecule has 7 heteroatoms. The van der Waals surface area contributed by atoms with E-state index in [1.807, 2.05) is 62.7 Å². The number of rotatable bonds is 8. The van der Waals surface area contributed by atoms with Crippen molar-refractivity contribution >= 4 is 22.9 Å². The molecule has 6 nitrogen and oxygen atoms in total. The highest BCUT2D eigenvalue weighted by Crippen LogP contribution is 2.31. The summed E-state index contributed by atoms with van der Waals surface area (Å²) in [6.07, 6.45) is 0. The Labute approximate surface area is 169 Å². The molecule has 0 saturated heterocycles. The van der Waals surface area contributed by atoms with Crippen LogP contribution in [-0.4, -0.2) is 28.9 Å². The molecular weight excluding hydrogens is 374 g/mol. The van der Waals surface area contributed by atoms with Crippen LogP contribution in [0.25, 0.3) is 0 Å². The van der Waals surface area contributed by atoms with Gasteiger partial charge in [-0.15, -0.1) is 11.3 Å². The Hall–Kier alpha value is -2.80. The third kappa shape index (κ3) is 4.72. The molecule has 0 aliphatic heterocycles. The summed E-state index contributed by atoms with van der Waals surface area (Å²) in [6.45, 7) is 9.59. The van der Waals surface area contributed by atoms with E-state index in [1.54, 1.807) is 6.07 Å². The van der Waals surface area contributed by atoms with E-state index >= 15 is 0 Å². The zero-order valence-corrected chi connectivity index (χ0v) is 17.4. The normalized spacial score (nSPS) is 10.7. The summed E-state index contributed by atoms with van der Waals surface area (Å²) in [5.74, 6) is 1.15. The van der Waals surface area contributed by atoms with E-state index in [0.717, 1.165) is 16.3 Å². The van der Waals surface area contributed by atoms with Crippen LogP contribution in [0, 0.1) is 13.8 Å². The number of nitrogens with one attached hydrogen (secondary N) is 1. The van der Waals surface area contributed by atoms with Crippen LogP contribution in [0.1, 0.15) is 39.8 Å². The van der Waals surface area contributed by atoms with Crippen molar-refractivity contribution in [1.82, 2.24) is 9.78 Å². The number of aromatic nitrogens is 2. The van der Waals surface area contributed by atoms with Gasteiger partial charge in [0.1, 0.15) is 0 Å². The first-order chi connectivity index (χ1) is 13.5. The highest BCUT2D eigenvalue weighted by atomic mass is 32.1. The Kier molecular flexibility index (Phi) is 6.36. The van der Waals surface area contributed by atoms with E-state index < -0.39 is 0 Å². The van der Waals surface area contributed by atoms with E-state index in [0.29, 0.717) is 41.8 Å². The number of carbonyl (C=O) groups excluding carboxylic acids is 1. The van der Waals surface area contributed by atoms with Crippen LogP contribution in [-0.2, 0) is 6.54 Å². The Balaban J connectivity index is 1.70. The average Bonchev–Trinajstić information content (AvgIpc) is 3.24. The molecule has 0 aliphatic carbocycles. The van der Waals surface area contributed by atoms with Gasteiger partial charge in [-0.2, -0.15) is 5.10 Å². The topological polar surface area (TPSA) is 65.4 Å². The Morgan fingerprint density at radius 2 is 1.82 bits per heavy atom. The molecule has 0 radical (unpaired) electrons. The second kappa shape index (κ2) is 8.93. The summed E-state index contributed by atoms with van der Waals surface area (Å²) < 4.78 is 13.1. The van der Waals surface area contributed by atoms with Crippen molar-refractivity contribution in [1.29, 1.82) is 0 Å². The number of anilines is 1. The van der Waals surface area contributed by atoms with Crippen molar-refractivity contribution in [3.8, 4) is 11.5 Å².